The Kier molecular flexibility index (Phi) is 3.82. The first kappa shape index (κ1) is 16.1. The molecular formula is C23H19N3. The number of nitrogen functional groups attached to an aromatic ring is 1. The van der Waals surface area contributed by atoms with E-state index in [1.165, 1.54) is 11.1 Å². The van der Waals surface area contributed by atoms with Gasteiger partial charge in [-0.25, -0.2) is 4.98 Å². The van der Waals surface area contributed by atoms with E-state index in [4.69, 9.17) is 5.73 Å². The fourth-order valence-electron chi connectivity index (χ4n) is 3.23. The summed E-state index contributed by atoms with van der Waals surface area (Å²) in [5.41, 5.74) is 13.9. The van der Waals surface area contributed by atoms with Gasteiger partial charge in [0.15, 0.2) is 0 Å². The second kappa shape index (κ2) is 6.16. The molecule has 0 fully saturated rings. The van der Waals surface area contributed by atoms with Crippen LogP contribution in [0.2, 0.25) is 0 Å². The number of nitrogens with zero attached hydrogens (tertiary/aromatic N) is 2. The van der Waals surface area contributed by atoms with Crippen molar-refractivity contribution in [2.45, 2.75) is 20.8 Å². The van der Waals surface area contributed by atoms with Gasteiger partial charge in [0.05, 0.1) is 17.2 Å². The van der Waals surface area contributed by atoms with Crippen molar-refractivity contribution in [2.75, 3.05) is 5.73 Å². The number of aromatic nitrogens is 2. The fraction of sp³-hybridized carbons (Fsp3) is 0.130. The van der Waals surface area contributed by atoms with Crippen molar-refractivity contribution >= 4 is 27.5 Å². The van der Waals surface area contributed by atoms with Crippen LogP contribution in [0.3, 0.4) is 0 Å². The zero-order valence-corrected chi connectivity index (χ0v) is 15.1. The van der Waals surface area contributed by atoms with Crippen LogP contribution in [0.5, 0.6) is 0 Å². The van der Waals surface area contributed by atoms with Gasteiger partial charge < -0.3 is 5.73 Å². The van der Waals surface area contributed by atoms with Crippen LogP contribution >= 0.6 is 0 Å². The van der Waals surface area contributed by atoms with Crippen molar-refractivity contribution < 1.29 is 0 Å². The molecule has 0 saturated heterocycles. The molecule has 4 aromatic rings. The smallest absolute Gasteiger partial charge is 0.114 e. The minimum atomic E-state index is 0.722. The molecule has 0 saturated carbocycles. The molecule has 0 aliphatic heterocycles. The quantitative estimate of drug-likeness (QED) is 0.288. The molecule has 2 N–H and O–H groups in total. The third-order valence-electron chi connectivity index (χ3n) is 4.63. The third kappa shape index (κ3) is 2.76. The Morgan fingerprint density at radius 2 is 1.73 bits per heavy atom. The SMILES string of the molecule is Cc1ccc(C#Cc2ccc3c(cnc4c(C)ccc(N)c43)n2)c(C)c1. The molecule has 4 rings (SSSR count). The molecule has 0 aliphatic rings. The van der Waals surface area contributed by atoms with E-state index in [0.29, 0.717) is 0 Å². The van der Waals surface area contributed by atoms with Crippen molar-refractivity contribution in [1.82, 2.24) is 9.97 Å². The Bertz CT molecular complexity index is 1230. The van der Waals surface area contributed by atoms with E-state index in [0.717, 1.165) is 44.3 Å². The molecule has 2 heterocycles. The standard InChI is InChI=1S/C23H19N3/c1-14-4-6-17(16(3)12-14)7-8-18-9-10-19-21(26-18)13-25-23-15(2)5-11-20(24)22(19)23/h4-6,9-13H,24H2,1-3H3. The van der Waals surface area contributed by atoms with Crippen LogP contribution in [0, 0.1) is 32.6 Å². The summed E-state index contributed by atoms with van der Waals surface area (Å²) < 4.78 is 0. The maximum atomic E-state index is 6.20. The van der Waals surface area contributed by atoms with Crippen LogP contribution < -0.4 is 5.73 Å². The van der Waals surface area contributed by atoms with Gasteiger partial charge in [-0.2, -0.15) is 0 Å². The summed E-state index contributed by atoms with van der Waals surface area (Å²) in [5.74, 6) is 6.39. The highest BCUT2D eigenvalue weighted by atomic mass is 14.8. The second-order valence-electron chi connectivity index (χ2n) is 6.65. The van der Waals surface area contributed by atoms with Gasteiger partial charge in [-0.05, 0) is 62.1 Å². The van der Waals surface area contributed by atoms with Gasteiger partial charge in [-0.15, -0.1) is 0 Å². The monoisotopic (exact) mass is 337 g/mol. The van der Waals surface area contributed by atoms with Crippen molar-refractivity contribution in [3.8, 4) is 11.8 Å². The number of rotatable bonds is 0. The van der Waals surface area contributed by atoms with E-state index in [1.54, 1.807) is 6.20 Å². The summed E-state index contributed by atoms with van der Waals surface area (Å²) >= 11 is 0. The molecule has 26 heavy (non-hydrogen) atoms. The molecule has 2 aromatic carbocycles. The number of hydrogen-bond acceptors (Lipinski definition) is 3. The molecule has 0 radical (unpaired) electrons. The van der Waals surface area contributed by atoms with Crippen molar-refractivity contribution in [2.24, 2.45) is 0 Å². The summed E-state index contributed by atoms with van der Waals surface area (Å²) in [6, 6.07) is 14.2. The molecule has 0 aliphatic carbocycles. The van der Waals surface area contributed by atoms with Gasteiger partial charge in [-0.1, -0.05) is 29.7 Å². The largest absolute Gasteiger partial charge is 0.398 e. The van der Waals surface area contributed by atoms with Crippen molar-refractivity contribution in [3.63, 3.8) is 0 Å². The van der Waals surface area contributed by atoms with Gasteiger partial charge in [-0.3, -0.25) is 4.98 Å². The lowest BCUT2D eigenvalue weighted by Crippen LogP contribution is -1.94. The van der Waals surface area contributed by atoms with E-state index in [-0.39, 0.29) is 0 Å². The van der Waals surface area contributed by atoms with Crippen LogP contribution in [0.15, 0.2) is 48.7 Å². The summed E-state index contributed by atoms with van der Waals surface area (Å²) in [4.78, 5) is 9.23. The predicted octanol–water partition coefficient (Wildman–Crippen LogP) is 4.69. The van der Waals surface area contributed by atoms with Gasteiger partial charge in [0.1, 0.15) is 5.69 Å². The lowest BCUT2D eigenvalue weighted by Gasteiger charge is -2.08. The average Bonchev–Trinajstić information content (AvgIpc) is 2.63. The third-order valence-corrected chi connectivity index (χ3v) is 4.63. The summed E-state index contributed by atoms with van der Waals surface area (Å²) in [6.45, 7) is 6.20. The zero-order chi connectivity index (χ0) is 18.3. The Balaban J connectivity index is 1.83. The highest BCUT2D eigenvalue weighted by Gasteiger charge is 2.08. The van der Waals surface area contributed by atoms with Crippen LogP contribution in [0.1, 0.15) is 27.9 Å². The molecule has 3 nitrogen and oxygen atoms in total. The molecule has 0 spiro atoms. The van der Waals surface area contributed by atoms with E-state index in [9.17, 15) is 0 Å². The molecule has 0 unspecified atom stereocenters. The Morgan fingerprint density at radius 3 is 2.54 bits per heavy atom. The number of benzene rings is 2. The number of pyridine rings is 2. The molecule has 126 valence electrons. The second-order valence-corrected chi connectivity index (χ2v) is 6.65. The maximum absolute atomic E-state index is 6.20. The lowest BCUT2D eigenvalue weighted by molar-refractivity contribution is 1.31. The average molecular weight is 337 g/mol. The fourth-order valence-corrected chi connectivity index (χ4v) is 3.23. The normalized spacial score (nSPS) is 10.7. The van der Waals surface area contributed by atoms with E-state index >= 15 is 0 Å². The number of anilines is 1. The van der Waals surface area contributed by atoms with Crippen LogP contribution in [-0.4, -0.2) is 9.97 Å². The van der Waals surface area contributed by atoms with Gasteiger partial charge in [0.2, 0.25) is 0 Å². The first-order valence-corrected chi connectivity index (χ1v) is 8.57. The van der Waals surface area contributed by atoms with E-state index in [2.05, 4.69) is 53.9 Å². The van der Waals surface area contributed by atoms with E-state index in [1.807, 2.05) is 31.2 Å². The summed E-state index contributed by atoms with van der Waals surface area (Å²) in [6.07, 6.45) is 1.80. The minimum Gasteiger partial charge on any atom is -0.398 e. The van der Waals surface area contributed by atoms with Gasteiger partial charge >= 0.3 is 0 Å². The van der Waals surface area contributed by atoms with E-state index < -0.39 is 0 Å². The van der Waals surface area contributed by atoms with Gasteiger partial charge in [0.25, 0.3) is 0 Å². The van der Waals surface area contributed by atoms with Crippen LogP contribution in [0.4, 0.5) is 5.69 Å². The Morgan fingerprint density at radius 1 is 0.885 bits per heavy atom. The summed E-state index contributed by atoms with van der Waals surface area (Å²) in [7, 11) is 0. The topological polar surface area (TPSA) is 51.8 Å². The highest BCUT2D eigenvalue weighted by Crippen LogP contribution is 2.29. The predicted molar refractivity (Wildman–Crippen MR) is 108 cm³/mol. The zero-order valence-electron chi connectivity index (χ0n) is 15.1. The maximum Gasteiger partial charge on any atom is 0.114 e. The number of fused-ring (bicyclic) bond motifs is 3. The summed E-state index contributed by atoms with van der Waals surface area (Å²) in [5, 5.41) is 1.97. The first-order chi connectivity index (χ1) is 12.5. The minimum absolute atomic E-state index is 0.722. The van der Waals surface area contributed by atoms with Gasteiger partial charge in [0, 0.05) is 22.0 Å². The van der Waals surface area contributed by atoms with Crippen LogP contribution in [0.25, 0.3) is 21.8 Å². The number of aryl methyl sites for hydroxylation is 3. The molecule has 2 aromatic heterocycles. The molecule has 0 atom stereocenters. The Hall–Kier alpha value is -3.38. The number of nitrogens with two attached hydrogens (primary N) is 1. The lowest BCUT2D eigenvalue weighted by atomic mass is 10.0. The number of hydrogen-bond donors (Lipinski definition) is 1. The molecule has 3 heteroatoms. The van der Waals surface area contributed by atoms with Crippen LogP contribution in [-0.2, 0) is 0 Å². The molecular weight excluding hydrogens is 318 g/mol. The van der Waals surface area contributed by atoms with Crippen molar-refractivity contribution in [1.29, 1.82) is 0 Å². The molecule has 0 amide bonds. The first-order valence-electron chi connectivity index (χ1n) is 8.57. The Labute approximate surface area is 152 Å². The highest BCUT2D eigenvalue weighted by molar-refractivity contribution is 6.11. The molecule has 0 bridgehead atoms. The van der Waals surface area contributed by atoms with Crippen molar-refractivity contribution in [3.05, 3.63) is 76.6 Å².